The van der Waals surface area contributed by atoms with E-state index in [1.54, 1.807) is 7.11 Å². The van der Waals surface area contributed by atoms with E-state index in [0.717, 1.165) is 32.9 Å². The van der Waals surface area contributed by atoms with Crippen LogP contribution >= 0.6 is 34.2 Å². The maximum absolute atomic E-state index is 6.27. The van der Waals surface area contributed by atoms with Crippen molar-refractivity contribution in [1.82, 2.24) is 0 Å². The molecule has 1 fully saturated rings. The molecule has 0 heterocycles. The number of methoxy groups -OCH3 is 1. The van der Waals surface area contributed by atoms with Crippen LogP contribution in [0.15, 0.2) is 42.5 Å². The zero-order chi connectivity index (χ0) is 14.8. The summed E-state index contributed by atoms with van der Waals surface area (Å²) in [5.74, 6) is 1.56. The highest BCUT2D eigenvalue weighted by molar-refractivity contribution is 14.1. The molecule has 0 spiro atoms. The summed E-state index contributed by atoms with van der Waals surface area (Å²) >= 11 is 8.54. The van der Waals surface area contributed by atoms with E-state index in [2.05, 4.69) is 52.2 Å². The summed E-state index contributed by atoms with van der Waals surface area (Å²) in [5.41, 5.74) is 2.34. The second kappa shape index (κ2) is 6.44. The summed E-state index contributed by atoms with van der Waals surface area (Å²) < 4.78 is 6.60. The van der Waals surface area contributed by atoms with Gasteiger partial charge in [0, 0.05) is 9.61 Å². The smallest absolute Gasteiger partial charge is 0.122 e. The maximum atomic E-state index is 6.27. The molecule has 1 aliphatic carbocycles. The Morgan fingerprint density at radius 2 is 1.95 bits per heavy atom. The van der Waals surface area contributed by atoms with Crippen molar-refractivity contribution >= 4 is 39.9 Å². The van der Waals surface area contributed by atoms with Gasteiger partial charge in [0.1, 0.15) is 5.75 Å². The lowest BCUT2D eigenvalue weighted by atomic mass is 9.75. The van der Waals surface area contributed by atoms with Gasteiger partial charge in [-0.15, -0.1) is 0 Å². The summed E-state index contributed by atoms with van der Waals surface area (Å²) in [4.78, 5) is 0. The summed E-state index contributed by atoms with van der Waals surface area (Å²) in [6.45, 7) is 0. The first-order chi connectivity index (χ1) is 10.2. The fourth-order valence-electron chi connectivity index (χ4n) is 2.82. The Labute approximate surface area is 144 Å². The molecule has 110 valence electrons. The Kier molecular flexibility index (Phi) is 4.60. The Bertz CT molecular complexity index is 640. The third-order valence-electron chi connectivity index (χ3n) is 4.01. The van der Waals surface area contributed by atoms with Crippen LogP contribution in [0.1, 0.15) is 24.3 Å². The minimum atomic E-state index is 0.484. The molecule has 0 saturated heterocycles. The highest BCUT2D eigenvalue weighted by Crippen LogP contribution is 2.42. The molecule has 21 heavy (non-hydrogen) atoms. The molecule has 2 nitrogen and oxygen atoms in total. The standard InChI is InChI=1S/C17H17ClINO/c1-21-17-5-3-2-4-14(17)11-8-13(9-11)20-16-7-6-12(19)10-15(16)18/h2-7,10-11,13,20H,8-9H2,1H3. The van der Waals surface area contributed by atoms with Crippen molar-refractivity contribution in [1.29, 1.82) is 0 Å². The molecule has 4 heteroatoms. The van der Waals surface area contributed by atoms with Crippen LogP contribution in [0, 0.1) is 3.57 Å². The van der Waals surface area contributed by atoms with Gasteiger partial charge in [-0.25, -0.2) is 0 Å². The van der Waals surface area contributed by atoms with Crippen molar-refractivity contribution in [2.75, 3.05) is 12.4 Å². The van der Waals surface area contributed by atoms with Gasteiger partial charge in [-0.2, -0.15) is 0 Å². The average molecular weight is 414 g/mol. The zero-order valence-electron chi connectivity index (χ0n) is 11.8. The number of para-hydroxylation sites is 1. The normalized spacial score (nSPS) is 20.7. The van der Waals surface area contributed by atoms with Gasteiger partial charge in [0.15, 0.2) is 0 Å². The van der Waals surface area contributed by atoms with Crippen molar-refractivity contribution in [2.45, 2.75) is 24.8 Å². The summed E-state index contributed by atoms with van der Waals surface area (Å²) in [6.07, 6.45) is 2.23. The van der Waals surface area contributed by atoms with Crippen LogP contribution < -0.4 is 10.1 Å². The van der Waals surface area contributed by atoms with E-state index in [4.69, 9.17) is 16.3 Å². The summed E-state index contributed by atoms with van der Waals surface area (Å²) in [7, 11) is 1.73. The molecule has 2 aromatic rings. The van der Waals surface area contributed by atoms with Gasteiger partial charge >= 0.3 is 0 Å². The van der Waals surface area contributed by atoms with E-state index in [-0.39, 0.29) is 0 Å². The molecule has 2 aromatic carbocycles. The van der Waals surface area contributed by atoms with Gasteiger partial charge in [0.05, 0.1) is 17.8 Å². The largest absolute Gasteiger partial charge is 0.496 e. The molecule has 0 radical (unpaired) electrons. The minimum absolute atomic E-state index is 0.484. The summed E-state index contributed by atoms with van der Waals surface area (Å²) in [5, 5.41) is 4.33. The molecule has 0 bridgehead atoms. The Hall–Kier alpha value is -0.940. The minimum Gasteiger partial charge on any atom is -0.496 e. The molecule has 1 aliphatic rings. The first-order valence-electron chi connectivity index (χ1n) is 7.02. The monoisotopic (exact) mass is 413 g/mol. The van der Waals surface area contributed by atoms with Gasteiger partial charge in [-0.3, -0.25) is 0 Å². The molecule has 1 N–H and O–H groups in total. The predicted molar refractivity (Wildman–Crippen MR) is 96.5 cm³/mol. The topological polar surface area (TPSA) is 21.3 Å². The first kappa shape index (κ1) is 15.0. The number of anilines is 1. The number of nitrogens with one attached hydrogen (secondary N) is 1. The van der Waals surface area contributed by atoms with Crippen molar-refractivity contribution in [3.63, 3.8) is 0 Å². The molecule has 0 amide bonds. The van der Waals surface area contributed by atoms with E-state index in [9.17, 15) is 0 Å². The first-order valence-corrected chi connectivity index (χ1v) is 8.47. The van der Waals surface area contributed by atoms with Gasteiger partial charge in [0.2, 0.25) is 0 Å². The average Bonchev–Trinajstić information content (AvgIpc) is 2.44. The van der Waals surface area contributed by atoms with Crippen molar-refractivity contribution < 1.29 is 4.74 Å². The maximum Gasteiger partial charge on any atom is 0.122 e. The van der Waals surface area contributed by atoms with Crippen LogP contribution in [0.5, 0.6) is 5.75 Å². The second-order valence-corrected chi connectivity index (χ2v) is 7.03. The fourth-order valence-corrected chi connectivity index (χ4v) is 3.73. The second-order valence-electron chi connectivity index (χ2n) is 5.38. The van der Waals surface area contributed by atoms with Crippen LogP contribution in [-0.4, -0.2) is 13.2 Å². The zero-order valence-corrected chi connectivity index (χ0v) is 14.7. The molecular formula is C17H17ClINO. The number of halogens is 2. The highest BCUT2D eigenvalue weighted by atomic mass is 127. The van der Waals surface area contributed by atoms with E-state index in [1.165, 1.54) is 5.56 Å². The van der Waals surface area contributed by atoms with E-state index in [0.29, 0.717) is 12.0 Å². The molecule has 0 atom stereocenters. The number of hydrogen-bond donors (Lipinski definition) is 1. The van der Waals surface area contributed by atoms with Crippen LogP contribution in [-0.2, 0) is 0 Å². The lowest BCUT2D eigenvalue weighted by Crippen LogP contribution is -2.34. The van der Waals surface area contributed by atoms with Crippen LogP contribution in [0.2, 0.25) is 5.02 Å². The van der Waals surface area contributed by atoms with Crippen molar-refractivity contribution in [2.24, 2.45) is 0 Å². The van der Waals surface area contributed by atoms with Crippen molar-refractivity contribution in [3.05, 3.63) is 56.6 Å². The lowest BCUT2D eigenvalue weighted by Gasteiger charge is -2.37. The molecule has 0 aromatic heterocycles. The number of benzene rings is 2. The highest BCUT2D eigenvalue weighted by Gasteiger charge is 2.32. The third kappa shape index (κ3) is 3.29. The Morgan fingerprint density at radius 1 is 1.19 bits per heavy atom. The van der Waals surface area contributed by atoms with Gasteiger partial charge in [0.25, 0.3) is 0 Å². The molecule has 1 saturated carbocycles. The van der Waals surface area contributed by atoms with Crippen LogP contribution in [0.3, 0.4) is 0 Å². The van der Waals surface area contributed by atoms with E-state index < -0.39 is 0 Å². The van der Waals surface area contributed by atoms with Gasteiger partial charge < -0.3 is 10.1 Å². The van der Waals surface area contributed by atoms with Gasteiger partial charge in [-0.05, 0) is 71.2 Å². The number of hydrogen-bond acceptors (Lipinski definition) is 2. The summed E-state index contributed by atoms with van der Waals surface area (Å²) in [6, 6.07) is 14.9. The van der Waals surface area contributed by atoms with Gasteiger partial charge in [-0.1, -0.05) is 29.8 Å². The molecule has 3 rings (SSSR count). The number of rotatable bonds is 4. The molecular weight excluding hydrogens is 397 g/mol. The van der Waals surface area contributed by atoms with E-state index >= 15 is 0 Å². The fraction of sp³-hybridized carbons (Fsp3) is 0.294. The van der Waals surface area contributed by atoms with E-state index in [1.807, 2.05) is 18.2 Å². The van der Waals surface area contributed by atoms with Crippen LogP contribution in [0.25, 0.3) is 0 Å². The Morgan fingerprint density at radius 3 is 2.67 bits per heavy atom. The predicted octanol–water partition coefficient (Wildman–Crippen LogP) is 5.31. The lowest BCUT2D eigenvalue weighted by molar-refractivity contribution is 0.350. The molecule has 0 unspecified atom stereocenters. The third-order valence-corrected chi connectivity index (χ3v) is 4.99. The SMILES string of the molecule is COc1ccccc1C1CC(Nc2ccc(I)cc2Cl)C1. The Balaban J connectivity index is 1.63. The van der Waals surface area contributed by atoms with Crippen molar-refractivity contribution in [3.8, 4) is 5.75 Å². The quantitative estimate of drug-likeness (QED) is 0.686. The molecule has 0 aliphatic heterocycles. The van der Waals surface area contributed by atoms with Crippen LogP contribution in [0.4, 0.5) is 5.69 Å². The number of ether oxygens (including phenoxy) is 1.